The first-order valence-corrected chi connectivity index (χ1v) is 20.2. The fourth-order valence-corrected chi connectivity index (χ4v) is 10.1. The predicted molar refractivity (Wildman–Crippen MR) is 210 cm³/mol. The van der Waals surface area contributed by atoms with Crippen molar-refractivity contribution in [3.05, 3.63) is 93.1 Å². The Balaban J connectivity index is 0.00000166. The van der Waals surface area contributed by atoms with Crippen molar-refractivity contribution in [1.29, 1.82) is 0 Å². The van der Waals surface area contributed by atoms with Gasteiger partial charge in [0.1, 0.15) is 23.1 Å². The largest absolute Gasteiger partial charge is 0.506 e. The zero-order chi connectivity index (χ0) is 39.0. The van der Waals surface area contributed by atoms with Gasteiger partial charge in [-0.1, -0.05) is 79.1 Å². The van der Waals surface area contributed by atoms with Gasteiger partial charge in [0.05, 0.1) is 17.4 Å². The number of aromatic nitrogens is 1. The highest BCUT2D eigenvalue weighted by molar-refractivity contribution is 7.16. The van der Waals surface area contributed by atoms with Crippen molar-refractivity contribution in [2.75, 3.05) is 26.7 Å². The Morgan fingerprint density at radius 3 is 2.51 bits per heavy atom. The number of thiazole rings is 1. The van der Waals surface area contributed by atoms with Gasteiger partial charge in [-0.15, -0.1) is 0 Å². The SMILES string of the molecule is CN(CCCOc1ccc(CNC[C@H](O)c2ccc(O)c3[nH]c(=O)sc23)cc1)C1C2CCC1C(OC(=O)[C@](O)(c1ccccc1)C1CCCCC1)C2.O=CO. The number of esters is 1. The number of ether oxygens (including phenoxy) is 2. The van der Waals surface area contributed by atoms with Crippen molar-refractivity contribution in [2.45, 2.75) is 88.2 Å². The number of rotatable bonds is 15. The summed E-state index contributed by atoms with van der Waals surface area (Å²) >= 11 is 0.978. The van der Waals surface area contributed by atoms with Gasteiger partial charge in [0.15, 0.2) is 5.60 Å². The van der Waals surface area contributed by atoms with Crippen LogP contribution in [0.5, 0.6) is 11.5 Å². The Labute approximate surface area is 325 Å². The summed E-state index contributed by atoms with van der Waals surface area (Å²) < 4.78 is 12.9. The van der Waals surface area contributed by atoms with Gasteiger partial charge in [-0.2, -0.15) is 0 Å². The van der Waals surface area contributed by atoms with Crippen LogP contribution in [0.4, 0.5) is 0 Å². The van der Waals surface area contributed by atoms with Gasteiger partial charge >= 0.3 is 10.8 Å². The van der Waals surface area contributed by atoms with E-state index in [1.165, 1.54) is 6.07 Å². The number of phenols is 1. The van der Waals surface area contributed by atoms with Crippen LogP contribution < -0.4 is 14.9 Å². The number of aliphatic hydroxyl groups is 2. The van der Waals surface area contributed by atoms with Crippen LogP contribution in [0.1, 0.15) is 80.6 Å². The summed E-state index contributed by atoms with van der Waals surface area (Å²) in [5.74, 6) is 0.963. The average Bonchev–Trinajstić information content (AvgIpc) is 3.90. The monoisotopic (exact) mass is 775 g/mol. The lowest BCUT2D eigenvalue weighted by molar-refractivity contribution is -0.184. The Morgan fingerprint density at radius 2 is 1.78 bits per heavy atom. The number of hydrogen-bond acceptors (Lipinski definition) is 11. The molecule has 1 heterocycles. The minimum atomic E-state index is -1.60. The first kappa shape index (κ1) is 40.4. The Morgan fingerprint density at radius 1 is 1.05 bits per heavy atom. The summed E-state index contributed by atoms with van der Waals surface area (Å²) in [5, 5.41) is 43.0. The third-order valence-corrected chi connectivity index (χ3v) is 12.7. The molecular weight excluding hydrogens is 723 g/mol. The molecule has 13 heteroatoms. The molecule has 0 spiro atoms. The molecule has 4 unspecified atom stereocenters. The van der Waals surface area contributed by atoms with Crippen molar-refractivity contribution in [1.82, 2.24) is 15.2 Å². The maximum Gasteiger partial charge on any atom is 0.343 e. The number of aliphatic hydroxyl groups excluding tert-OH is 1. The first-order valence-electron chi connectivity index (χ1n) is 19.4. The van der Waals surface area contributed by atoms with Crippen LogP contribution in [0.25, 0.3) is 10.2 Å². The second-order valence-electron chi connectivity index (χ2n) is 15.1. The summed E-state index contributed by atoms with van der Waals surface area (Å²) in [5.41, 5.74) is 1.05. The zero-order valence-corrected chi connectivity index (χ0v) is 32.1. The van der Waals surface area contributed by atoms with E-state index >= 15 is 0 Å². The molecule has 1 aromatic heterocycles. The molecule has 7 rings (SSSR count). The van der Waals surface area contributed by atoms with E-state index in [-0.39, 0.29) is 35.0 Å². The highest BCUT2D eigenvalue weighted by Crippen LogP contribution is 2.50. The zero-order valence-electron chi connectivity index (χ0n) is 31.3. The van der Waals surface area contributed by atoms with Gasteiger partial charge in [0, 0.05) is 43.1 Å². The fourth-order valence-electron chi connectivity index (χ4n) is 9.14. The maximum absolute atomic E-state index is 13.9. The minimum Gasteiger partial charge on any atom is -0.506 e. The standard InChI is InChI=1S/C41H51N3O7S.CH2O2/c1-44(37-27-15-18-32(37)35(23-27)51-39(47)41(49,28-9-4-2-5-10-28)29-11-6-3-7-12-29)21-8-22-50-30-16-13-26(14-17-30)24-42-25-34(46)31-19-20-33(45)36-38(31)52-40(48)43-36;2-1-3/h2,4-5,9-10,13-14,16-17,19-20,27,29,32,34-35,37,42,45-46,49H,3,6-8,11-12,15,18,21-25H2,1H3,(H,43,48);1H,(H,2,3)/t27?,32?,34-,35?,37?,41-;/m0./s1. The van der Waals surface area contributed by atoms with Crippen LogP contribution in [0.15, 0.2) is 71.5 Å². The van der Waals surface area contributed by atoms with Gasteiger partial charge in [-0.25, -0.2) is 4.79 Å². The number of carboxylic acid groups (broad SMARTS) is 1. The second kappa shape index (κ2) is 18.6. The van der Waals surface area contributed by atoms with Crippen molar-refractivity contribution in [3.63, 3.8) is 0 Å². The van der Waals surface area contributed by atoms with Crippen molar-refractivity contribution in [2.24, 2.45) is 17.8 Å². The van der Waals surface area contributed by atoms with Gasteiger partial charge in [0.25, 0.3) is 6.47 Å². The molecule has 4 aromatic rings. The molecule has 3 aromatic carbocycles. The normalized spacial score (nSPS) is 22.5. The van der Waals surface area contributed by atoms with E-state index < -0.39 is 17.7 Å². The van der Waals surface area contributed by atoms with Crippen LogP contribution >= 0.6 is 11.3 Å². The number of H-pyrrole nitrogens is 1. The van der Waals surface area contributed by atoms with E-state index in [1.54, 1.807) is 6.07 Å². The third-order valence-electron chi connectivity index (χ3n) is 11.8. The van der Waals surface area contributed by atoms with Gasteiger partial charge < -0.3 is 45.1 Å². The Kier molecular flexibility index (Phi) is 13.6. The van der Waals surface area contributed by atoms with Crippen molar-refractivity contribution >= 4 is 34.0 Å². The minimum absolute atomic E-state index is 0.00985. The molecule has 3 aliphatic carbocycles. The number of nitrogens with zero attached hydrogens (tertiary/aromatic N) is 1. The molecule has 3 saturated carbocycles. The van der Waals surface area contributed by atoms with Crippen LogP contribution in [0.3, 0.4) is 0 Å². The number of nitrogens with one attached hydrogen (secondary N) is 2. The summed E-state index contributed by atoms with van der Waals surface area (Å²) in [6, 6.07) is 20.8. The van der Waals surface area contributed by atoms with Gasteiger partial charge in [0.2, 0.25) is 0 Å². The van der Waals surface area contributed by atoms with Crippen LogP contribution in [-0.4, -0.2) is 81.6 Å². The number of phenolic OH excluding ortho intramolecular Hbond substituents is 1. The van der Waals surface area contributed by atoms with Crippen molar-refractivity contribution < 1.29 is 39.5 Å². The Hall–Kier alpha value is -4.27. The highest BCUT2D eigenvalue weighted by Gasteiger charge is 2.54. The first-order chi connectivity index (χ1) is 26.6. The lowest BCUT2D eigenvalue weighted by Crippen LogP contribution is -2.47. The molecule has 6 atom stereocenters. The molecule has 2 bridgehead atoms. The van der Waals surface area contributed by atoms with E-state index in [2.05, 4.69) is 22.2 Å². The van der Waals surface area contributed by atoms with E-state index in [9.17, 15) is 24.9 Å². The van der Waals surface area contributed by atoms with E-state index in [4.69, 9.17) is 19.4 Å². The summed E-state index contributed by atoms with van der Waals surface area (Å²) in [6.45, 7) is 2.07. The van der Waals surface area contributed by atoms with Crippen LogP contribution in [0, 0.1) is 17.8 Å². The van der Waals surface area contributed by atoms with Crippen LogP contribution in [0.2, 0.25) is 0 Å². The molecule has 6 N–H and O–H groups in total. The molecule has 0 saturated heterocycles. The number of fused-ring (bicyclic) bond motifs is 3. The van der Waals surface area contributed by atoms with Gasteiger partial charge in [-0.05, 0) is 80.8 Å². The number of aromatic amines is 1. The Bertz CT molecular complexity index is 1910. The summed E-state index contributed by atoms with van der Waals surface area (Å²) in [7, 11) is 2.17. The van der Waals surface area contributed by atoms with E-state index in [0.717, 1.165) is 87.0 Å². The summed E-state index contributed by atoms with van der Waals surface area (Å²) in [4.78, 5) is 38.8. The lowest BCUT2D eigenvalue weighted by Gasteiger charge is -2.38. The van der Waals surface area contributed by atoms with Gasteiger partial charge in [-0.3, -0.25) is 9.59 Å². The molecule has 55 heavy (non-hydrogen) atoms. The van der Waals surface area contributed by atoms with Crippen LogP contribution in [-0.2, 0) is 26.5 Å². The van der Waals surface area contributed by atoms with E-state index in [1.807, 2.05) is 54.6 Å². The predicted octanol–water partition coefficient (Wildman–Crippen LogP) is 5.70. The topological polar surface area (TPSA) is 182 Å². The second-order valence-corrected chi connectivity index (χ2v) is 16.1. The number of carbonyl (C=O) groups is 2. The quantitative estimate of drug-likeness (QED) is 0.0496. The lowest BCUT2D eigenvalue weighted by atomic mass is 9.73. The molecular formula is C42H53N3O9S. The van der Waals surface area contributed by atoms with Crippen molar-refractivity contribution in [3.8, 4) is 11.5 Å². The highest BCUT2D eigenvalue weighted by atomic mass is 32.1. The smallest absolute Gasteiger partial charge is 0.343 e. The molecule has 3 fully saturated rings. The number of benzene rings is 3. The number of aromatic hydroxyl groups is 1. The number of hydrogen-bond donors (Lipinski definition) is 6. The maximum atomic E-state index is 13.9. The molecule has 12 nitrogen and oxygen atoms in total. The number of carbonyl (C=O) groups excluding carboxylic acids is 1. The average molecular weight is 776 g/mol. The third kappa shape index (κ3) is 9.24. The molecule has 0 aliphatic heterocycles. The summed E-state index contributed by atoms with van der Waals surface area (Å²) in [6.07, 6.45) is 7.79. The molecule has 0 radical (unpaired) electrons. The molecule has 3 aliphatic rings. The molecule has 0 amide bonds. The fraction of sp³-hybridized carbons (Fsp3) is 0.500. The van der Waals surface area contributed by atoms with E-state index in [0.29, 0.717) is 53.0 Å². The molecule has 296 valence electrons.